The average molecular weight is 510 g/mol. The first-order valence-corrected chi connectivity index (χ1v) is 13.4. The molecule has 1 saturated heterocycles. The number of imidazole rings is 1. The van der Waals surface area contributed by atoms with Crippen molar-refractivity contribution >= 4 is 33.4 Å². The van der Waals surface area contributed by atoms with E-state index in [1.807, 2.05) is 29.8 Å². The monoisotopic (exact) mass is 509 g/mol. The second-order valence-electron chi connectivity index (χ2n) is 9.52. The van der Waals surface area contributed by atoms with Crippen molar-refractivity contribution < 1.29 is 4.39 Å². The van der Waals surface area contributed by atoms with Crippen molar-refractivity contribution in [1.82, 2.24) is 35.0 Å². The second-order valence-corrected chi connectivity index (χ2v) is 10.3. The lowest BCUT2D eigenvalue weighted by molar-refractivity contribution is 0.220. The Bertz CT molecular complexity index is 1710. The van der Waals surface area contributed by atoms with Gasteiger partial charge in [0.25, 0.3) is 0 Å². The topological polar surface area (TPSA) is 86.4 Å². The molecule has 7 nitrogen and oxygen atoms in total. The smallest absolute Gasteiger partial charge is 0.160 e. The summed E-state index contributed by atoms with van der Waals surface area (Å²) in [6.07, 6.45) is 9.13. The zero-order chi connectivity index (χ0) is 24.8. The number of thiophene rings is 1. The van der Waals surface area contributed by atoms with Crippen molar-refractivity contribution in [3.63, 3.8) is 0 Å². The first-order chi connectivity index (χ1) is 18.2. The van der Waals surface area contributed by atoms with Gasteiger partial charge in [0.15, 0.2) is 11.5 Å². The van der Waals surface area contributed by atoms with Crippen molar-refractivity contribution in [3.05, 3.63) is 71.1 Å². The normalized spacial score (nSPS) is 14.6. The number of aromatic nitrogens is 6. The first kappa shape index (κ1) is 22.3. The predicted molar refractivity (Wildman–Crippen MR) is 145 cm³/mol. The molecule has 7 rings (SSSR count). The molecule has 0 unspecified atom stereocenters. The fourth-order valence-corrected chi connectivity index (χ4v) is 5.87. The minimum absolute atomic E-state index is 0.314. The maximum atomic E-state index is 15.3. The van der Waals surface area contributed by atoms with Crippen LogP contribution in [-0.2, 0) is 6.54 Å². The number of halogens is 1. The fraction of sp³-hybridized carbons (Fsp3) is 0.214. The fourth-order valence-electron chi connectivity index (χ4n) is 5.21. The average Bonchev–Trinajstić information content (AvgIpc) is 3.68. The third kappa shape index (κ3) is 4.10. The molecule has 1 aromatic carbocycles. The van der Waals surface area contributed by atoms with Crippen LogP contribution in [0.4, 0.5) is 4.39 Å². The minimum Gasteiger partial charge on any atom is -0.321 e. The summed E-state index contributed by atoms with van der Waals surface area (Å²) < 4.78 is 15.3. The van der Waals surface area contributed by atoms with Gasteiger partial charge in [0.05, 0.1) is 5.52 Å². The van der Waals surface area contributed by atoms with E-state index in [2.05, 4.69) is 41.5 Å². The third-order valence-electron chi connectivity index (χ3n) is 7.05. The molecule has 184 valence electrons. The molecule has 0 bridgehead atoms. The van der Waals surface area contributed by atoms with Crippen LogP contribution in [0.1, 0.15) is 24.8 Å². The maximum absolute atomic E-state index is 15.3. The largest absolute Gasteiger partial charge is 0.321 e. The highest BCUT2D eigenvalue weighted by atomic mass is 32.1. The minimum atomic E-state index is -0.314. The quantitative estimate of drug-likeness (QED) is 0.280. The highest BCUT2D eigenvalue weighted by molar-refractivity contribution is 7.08. The van der Waals surface area contributed by atoms with Gasteiger partial charge in [-0.25, -0.2) is 14.4 Å². The lowest BCUT2D eigenvalue weighted by Crippen LogP contribution is -2.29. The van der Waals surface area contributed by atoms with E-state index in [-0.39, 0.29) is 5.82 Å². The molecular weight excluding hydrogens is 485 g/mol. The van der Waals surface area contributed by atoms with E-state index in [1.165, 1.54) is 25.3 Å². The second kappa shape index (κ2) is 9.17. The Morgan fingerprint density at radius 3 is 2.78 bits per heavy atom. The molecule has 1 aliphatic rings. The number of nitrogens with one attached hydrogen (secondary N) is 2. The van der Waals surface area contributed by atoms with Crippen molar-refractivity contribution in [1.29, 1.82) is 0 Å². The lowest BCUT2D eigenvalue weighted by atomic mass is 10.0. The molecule has 1 aliphatic heterocycles. The Morgan fingerprint density at radius 2 is 1.92 bits per heavy atom. The number of pyridine rings is 2. The molecule has 9 heteroatoms. The Balaban J connectivity index is 1.29. The number of aromatic amines is 2. The Hall–Kier alpha value is -3.95. The van der Waals surface area contributed by atoms with E-state index in [0.717, 1.165) is 52.8 Å². The molecule has 0 radical (unpaired) electrons. The number of fused-ring (bicyclic) bond motifs is 2. The zero-order valence-corrected chi connectivity index (χ0v) is 20.9. The van der Waals surface area contributed by atoms with Crippen molar-refractivity contribution in [2.45, 2.75) is 25.8 Å². The zero-order valence-electron chi connectivity index (χ0n) is 20.0. The first-order valence-electron chi connectivity index (χ1n) is 12.4. The summed E-state index contributed by atoms with van der Waals surface area (Å²) in [6, 6.07) is 9.42. The van der Waals surface area contributed by atoms with Gasteiger partial charge < -0.3 is 4.98 Å². The number of rotatable bonds is 5. The summed E-state index contributed by atoms with van der Waals surface area (Å²) in [5.41, 5.74) is 7.17. The number of benzene rings is 1. The number of likely N-dealkylation sites (tertiary alicyclic amines) is 1. The summed E-state index contributed by atoms with van der Waals surface area (Å²) in [7, 11) is 0. The van der Waals surface area contributed by atoms with Crippen LogP contribution in [0.25, 0.3) is 55.8 Å². The molecule has 6 aromatic rings. The molecule has 2 N–H and O–H groups in total. The maximum Gasteiger partial charge on any atom is 0.160 e. The highest BCUT2D eigenvalue weighted by Gasteiger charge is 2.19. The number of hydrogen-bond acceptors (Lipinski definition) is 6. The van der Waals surface area contributed by atoms with E-state index in [1.54, 1.807) is 23.7 Å². The van der Waals surface area contributed by atoms with Crippen molar-refractivity contribution in [2.24, 2.45) is 0 Å². The van der Waals surface area contributed by atoms with Crippen LogP contribution in [0.3, 0.4) is 0 Å². The molecule has 0 amide bonds. The number of hydrogen-bond donors (Lipinski definition) is 2. The van der Waals surface area contributed by atoms with E-state index >= 15 is 4.39 Å². The van der Waals surface area contributed by atoms with Crippen LogP contribution in [0.2, 0.25) is 0 Å². The molecule has 37 heavy (non-hydrogen) atoms. The molecule has 0 atom stereocenters. The molecule has 0 saturated carbocycles. The van der Waals surface area contributed by atoms with Crippen LogP contribution < -0.4 is 0 Å². The van der Waals surface area contributed by atoms with Gasteiger partial charge in [-0.05, 0) is 72.1 Å². The van der Waals surface area contributed by atoms with Gasteiger partial charge >= 0.3 is 0 Å². The number of piperidine rings is 1. The van der Waals surface area contributed by atoms with Crippen molar-refractivity contribution in [2.75, 3.05) is 13.1 Å². The Morgan fingerprint density at radius 1 is 1.00 bits per heavy atom. The predicted octanol–water partition coefficient (Wildman–Crippen LogP) is 6.42. The SMILES string of the molecule is Fc1cc2[nH]nc(-c3nc4c(-c5ccsc5)ccnc4[nH]3)c2cc1-c1cncc(CN2CCCCC2)c1. The summed E-state index contributed by atoms with van der Waals surface area (Å²) in [5.74, 6) is 0.275. The Labute approximate surface area is 216 Å². The van der Waals surface area contributed by atoms with E-state index in [0.29, 0.717) is 28.2 Å². The van der Waals surface area contributed by atoms with Gasteiger partial charge in [-0.2, -0.15) is 16.4 Å². The standard InChI is InChI=1S/C28H24FN7S/c29-23-12-24-22(11-21(23)19-10-17(13-30-14-19)15-36-7-2-1-3-8-36)26(35-34-24)28-32-25-20(18-5-9-37-16-18)4-6-31-27(25)33-28/h4-6,9-14,16H,1-3,7-8,15H2,(H,34,35)(H,31,32,33). The molecular formula is C28H24FN7S. The summed E-state index contributed by atoms with van der Waals surface area (Å²) in [5, 5.41) is 12.4. The Kier molecular flexibility index (Phi) is 5.52. The van der Waals surface area contributed by atoms with Crippen LogP contribution in [0.15, 0.2) is 59.7 Å². The van der Waals surface area contributed by atoms with E-state index in [9.17, 15) is 0 Å². The molecule has 5 aromatic heterocycles. The van der Waals surface area contributed by atoms with Gasteiger partial charge in [0, 0.05) is 53.3 Å². The van der Waals surface area contributed by atoms with Gasteiger partial charge in [0.1, 0.15) is 17.0 Å². The third-order valence-corrected chi connectivity index (χ3v) is 7.74. The number of H-pyrrole nitrogens is 2. The summed E-state index contributed by atoms with van der Waals surface area (Å²) in [6.45, 7) is 3.03. The van der Waals surface area contributed by atoms with E-state index in [4.69, 9.17) is 4.98 Å². The van der Waals surface area contributed by atoms with Crippen LogP contribution in [0.5, 0.6) is 0 Å². The van der Waals surface area contributed by atoms with Gasteiger partial charge in [-0.15, -0.1) is 0 Å². The molecule has 0 aliphatic carbocycles. The van der Waals surface area contributed by atoms with Gasteiger partial charge in [0.2, 0.25) is 0 Å². The lowest BCUT2D eigenvalue weighted by Gasteiger charge is -2.26. The molecule has 1 fully saturated rings. The van der Waals surface area contributed by atoms with Crippen LogP contribution in [-0.4, -0.2) is 48.1 Å². The van der Waals surface area contributed by atoms with Gasteiger partial charge in [-0.1, -0.05) is 6.42 Å². The van der Waals surface area contributed by atoms with Crippen LogP contribution in [0, 0.1) is 5.82 Å². The molecule has 6 heterocycles. The van der Waals surface area contributed by atoms with E-state index < -0.39 is 0 Å². The van der Waals surface area contributed by atoms with Crippen molar-refractivity contribution in [3.8, 4) is 33.8 Å². The van der Waals surface area contributed by atoms with Gasteiger partial charge in [-0.3, -0.25) is 15.0 Å². The number of nitrogens with zero attached hydrogens (tertiary/aromatic N) is 5. The highest BCUT2D eigenvalue weighted by Crippen LogP contribution is 2.34. The summed E-state index contributed by atoms with van der Waals surface area (Å²) in [4.78, 5) is 19.5. The summed E-state index contributed by atoms with van der Waals surface area (Å²) >= 11 is 1.64. The van der Waals surface area contributed by atoms with Crippen LogP contribution >= 0.6 is 11.3 Å². The molecule has 0 spiro atoms.